The number of carbonyl (C=O) groups is 1. The fraction of sp³-hybridized carbons (Fsp3) is 0.562. The molecular formula is C16H22ClNO2. The van der Waals surface area contributed by atoms with E-state index in [1.165, 1.54) is 12.8 Å². The number of carbonyl (C=O) groups excluding carboxylic acids is 1. The molecule has 1 heterocycles. The number of hydrogen-bond donors (Lipinski definition) is 0. The van der Waals surface area contributed by atoms with Crippen LogP contribution in [0.4, 0.5) is 0 Å². The van der Waals surface area contributed by atoms with Crippen molar-refractivity contribution in [1.82, 2.24) is 4.90 Å². The summed E-state index contributed by atoms with van der Waals surface area (Å²) in [6, 6.07) is 3.76. The van der Waals surface area contributed by atoms with Crippen molar-refractivity contribution in [2.75, 3.05) is 19.7 Å². The molecule has 1 amide bonds. The Balaban J connectivity index is 1.92. The second-order valence-corrected chi connectivity index (χ2v) is 5.83. The number of likely N-dealkylation sites (tertiary alicyclic amines) is 1. The molecule has 0 unspecified atom stereocenters. The maximum atomic E-state index is 12.1. The van der Waals surface area contributed by atoms with E-state index in [1.54, 1.807) is 0 Å². The summed E-state index contributed by atoms with van der Waals surface area (Å²) in [5.41, 5.74) is 1.95. The fourth-order valence-electron chi connectivity index (χ4n) is 2.55. The quantitative estimate of drug-likeness (QED) is 0.850. The first-order valence-electron chi connectivity index (χ1n) is 7.25. The third kappa shape index (κ3) is 3.89. The van der Waals surface area contributed by atoms with Gasteiger partial charge in [-0.25, -0.2) is 0 Å². The maximum Gasteiger partial charge on any atom is 0.260 e. The zero-order valence-corrected chi connectivity index (χ0v) is 13.0. The van der Waals surface area contributed by atoms with Gasteiger partial charge in [0, 0.05) is 18.1 Å². The number of nitrogens with zero attached hydrogens (tertiary/aromatic N) is 1. The molecule has 1 aromatic carbocycles. The lowest BCUT2D eigenvalue weighted by atomic mass is 10.1. The van der Waals surface area contributed by atoms with Gasteiger partial charge in [-0.2, -0.15) is 0 Å². The van der Waals surface area contributed by atoms with Crippen LogP contribution >= 0.6 is 11.6 Å². The lowest BCUT2D eigenvalue weighted by molar-refractivity contribution is -0.133. The molecule has 0 atom stereocenters. The molecule has 20 heavy (non-hydrogen) atoms. The van der Waals surface area contributed by atoms with Crippen LogP contribution in [0.15, 0.2) is 12.1 Å². The van der Waals surface area contributed by atoms with E-state index >= 15 is 0 Å². The Morgan fingerprint density at radius 1 is 1.15 bits per heavy atom. The highest BCUT2D eigenvalue weighted by molar-refractivity contribution is 6.32. The highest BCUT2D eigenvalue weighted by Crippen LogP contribution is 2.25. The minimum Gasteiger partial charge on any atom is -0.484 e. The summed E-state index contributed by atoms with van der Waals surface area (Å²) < 4.78 is 5.63. The third-order valence-corrected chi connectivity index (χ3v) is 4.33. The minimum atomic E-state index is 0.0807. The Morgan fingerprint density at radius 3 is 2.25 bits per heavy atom. The number of ether oxygens (including phenoxy) is 1. The van der Waals surface area contributed by atoms with Crippen LogP contribution in [0.25, 0.3) is 0 Å². The van der Waals surface area contributed by atoms with Gasteiger partial charge in [-0.1, -0.05) is 24.4 Å². The predicted octanol–water partition coefficient (Wildman–Crippen LogP) is 3.74. The monoisotopic (exact) mass is 295 g/mol. The van der Waals surface area contributed by atoms with Gasteiger partial charge in [0.25, 0.3) is 5.91 Å². The topological polar surface area (TPSA) is 29.5 Å². The lowest BCUT2D eigenvalue weighted by Gasteiger charge is -2.20. The van der Waals surface area contributed by atoms with Crippen LogP contribution in [0.2, 0.25) is 5.02 Å². The molecule has 1 fully saturated rings. The second-order valence-electron chi connectivity index (χ2n) is 5.45. The van der Waals surface area contributed by atoms with Crippen molar-refractivity contribution in [3.8, 4) is 5.75 Å². The van der Waals surface area contributed by atoms with Gasteiger partial charge in [0.2, 0.25) is 0 Å². The molecule has 2 rings (SSSR count). The number of aryl methyl sites for hydroxylation is 2. The van der Waals surface area contributed by atoms with Crippen molar-refractivity contribution < 1.29 is 9.53 Å². The number of halogens is 1. The van der Waals surface area contributed by atoms with Crippen molar-refractivity contribution in [2.24, 2.45) is 0 Å². The van der Waals surface area contributed by atoms with Gasteiger partial charge >= 0.3 is 0 Å². The van der Waals surface area contributed by atoms with Gasteiger partial charge in [-0.3, -0.25) is 4.79 Å². The number of hydrogen-bond acceptors (Lipinski definition) is 2. The Labute approximate surface area is 125 Å². The molecule has 4 heteroatoms. The molecule has 1 saturated heterocycles. The van der Waals surface area contributed by atoms with Gasteiger partial charge in [-0.05, 0) is 49.9 Å². The molecule has 0 spiro atoms. The molecule has 0 N–H and O–H groups in total. The van der Waals surface area contributed by atoms with E-state index in [0.29, 0.717) is 5.75 Å². The Hall–Kier alpha value is -1.22. The number of amides is 1. The Kier molecular flexibility index (Phi) is 5.30. The van der Waals surface area contributed by atoms with Crippen LogP contribution in [0.3, 0.4) is 0 Å². The van der Waals surface area contributed by atoms with E-state index in [2.05, 4.69) is 0 Å². The van der Waals surface area contributed by atoms with E-state index in [0.717, 1.165) is 42.1 Å². The molecule has 1 aliphatic rings. The van der Waals surface area contributed by atoms with Crippen LogP contribution in [0, 0.1) is 13.8 Å². The molecule has 3 nitrogen and oxygen atoms in total. The van der Waals surface area contributed by atoms with Crippen LogP contribution in [0.5, 0.6) is 5.75 Å². The normalized spacial score (nSPS) is 15.8. The van der Waals surface area contributed by atoms with Crippen molar-refractivity contribution in [3.63, 3.8) is 0 Å². The lowest BCUT2D eigenvalue weighted by Crippen LogP contribution is -2.35. The van der Waals surface area contributed by atoms with Crippen LogP contribution in [0.1, 0.15) is 36.8 Å². The summed E-state index contributed by atoms with van der Waals surface area (Å²) in [4.78, 5) is 14.1. The van der Waals surface area contributed by atoms with Crippen molar-refractivity contribution >= 4 is 17.5 Å². The molecular weight excluding hydrogens is 274 g/mol. The molecule has 0 aromatic heterocycles. The van der Waals surface area contributed by atoms with Gasteiger partial charge in [-0.15, -0.1) is 0 Å². The summed E-state index contributed by atoms with van der Waals surface area (Å²) in [7, 11) is 0. The van der Waals surface area contributed by atoms with Crippen molar-refractivity contribution in [3.05, 3.63) is 28.3 Å². The van der Waals surface area contributed by atoms with Crippen molar-refractivity contribution in [2.45, 2.75) is 39.5 Å². The van der Waals surface area contributed by atoms with Crippen LogP contribution in [-0.2, 0) is 4.79 Å². The summed E-state index contributed by atoms with van der Waals surface area (Å²) in [6.45, 7) is 5.72. The maximum absolute atomic E-state index is 12.1. The predicted molar refractivity (Wildman–Crippen MR) is 81.5 cm³/mol. The molecule has 0 aliphatic carbocycles. The fourth-order valence-corrected chi connectivity index (χ4v) is 2.66. The first-order valence-corrected chi connectivity index (χ1v) is 7.63. The SMILES string of the molecule is Cc1cc(OCC(=O)N2CCCCCC2)cc(C)c1Cl. The zero-order valence-electron chi connectivity index (χ0n) is 12.2. The standard InChI is InChI=1S/C16H22ClNO2/c1-12-9-14(10-13(2)16(12)17)20-11-15(19)18-7-5-3-4-6-8-18/h9-10H,3-8,11H2,1-2H3. The summed E-state index contributed by atoms with van der Waals surface area (Å²) in [5.74, 6) is 0.796. The summed E-state index contributed by atoms with van der Waals surface area (Å²) >= 11 is 6.12. The Bertz CT molecular complexity index is 456. The molecule has 1 aliphatic heterocycles. The highest BCUT2D eigenvalue weighted by atomic mass is 35.5. The van der Waals surface area contributed by atoms with E-state index in [9.17, 15) is 4.79 Å². The van der Waals surface area contributed by atoms with E-state index in [4.69, 9.17) is 16.3 Å². The molecule has 110 valence electrons. The van der Waals surface area contributed by atoms with Gasteiger partial charge in [0.05, 0.1) is 0 Å². The summed E-state index contributed by atoms with van der Waals surface area (Å²) in [5, 5.41) is 0.760. The van der Waals surface area contributed by atoms with Gasteiger partial charge in [0.1, 0.15) is 5.75 Å². The van der Waals surface area contributed by atoms with Gasteiger partial charge in [0.15, 0.2) is 6.61 Å². The minimum absolute atomic E-state index is 0.0807. The average Bonchev–Trinajstić information content (AvgIpc) is 2.71. The van der Waals surface area contributed by atoms with Crippen LogP contribution in [-0.4, -0.2) is 30.5 Å². The Morgan fingerprint density at radius 2 is 1.70 bits per heavy atom. The highest BCUT2D eigenvalue weighted by Gasteiger charge is 2.16. The van der Waals surface area contributed by atoms with Gasteiger partial charge < -0.3 is 9.64 Å². The number of benzene rings is 1. The van der Waals surface area contributed by atoms with Crippen molar-refractivity contribution in [1.29, 1.82) is 0 Å². The number of rotatable bonds is 3. The van der Waals surface area contributed by atoms with Crippen LogP contribution < -0.4 is 4.74 Å². The third-order valence-electron chi connectivity index (χ3n) is 3.73. The molecule has 1 aromatic rings. The average molecular weight is 296 g/mol. The first-order chi connectivity index (χ1) is 9.58. The first kappa shape index (κ1) is 15.2. The molecule has 0 saturated carbocycles. The smallest absolute Gasteiger partial charge is 0.260 e. The van der Waals surface area contributed by atoms with E-state index in [-0.39, 0.29) is 12.5 Å². The summed E-state index contributed by atoms with van der Waals surface area (Å²) in [6.07, 6.45) is 4.65. The largest absolute Gasteiger partial charge is 0.484 e. The molecule has 0 bridgehead atoms. The second kappa shape index (κ2) is 6.98. The zero-order chi connectivity index (χ0) is 14.5. The molecule has 0 radical (unpaired) electrons. The van der Waals surface area contributed by atoms with E-state index < -0.39 is 0 Å². The van der Waals surface area contributed by atoms with E-state index in [1.807, 2.05) is 30.9 Å².